The lowest BCUT2D eigenvalue weighted by atomic mass is 9.88. The number of hydrogen-bond acceptors (Lipinski definition) is 6. The number of aryl methyl sites for hydroxylation is 1. The molecule has 0 saturated carbocycles. The van der Waals surface area contributed by atoms with E-state index in [1.165, 1.54) is 6.20 Å². The third-order valence-electron chi connectivity index (χ3n) is 6.36. The first-order chi connectivity index (χ1) is 15.9. The summed E-state index contributed by atoms with van der Waals surface area (Å²) in [5.41, 5.74) is 9.49. The second kappa shape index (κ2) is 8.43. The fraction of sp³-hybridized carbons (Fsp3) is 0.391. The van der Waals surface area contributed by atoms with Crippen molar-refractivity contribution in [3.05, 3.63) is 52.7 Å². The van der Waals surface area contributed by atoms with Crippen LogP contribution in [0.4, 0.5) is 10.1 Å². The maximum atomic E-state index is 14.9. The number of carbonyl (C=O) groups excluding carboxylic acids is 2. The zero-order chi connectivity index (χ0) is 23.1. The number of nitrogens with two attached hydrogens (primary N) is 1. The number of fused-ring (bicyclic) bond motifs is 1. The molecule has 2 fully saturated rings. The van der Waals surface area contributed by atoms with Gasteiger partial charge in [0.1, 0.15) is 24.4 Å². The van der Waals surface area contributed by atoms with Gasteiger partial charge in [0, 0.05) is 24.3 Å². The van der Waals surface area contributed by atoms with Crippen molar-refractivity contribution in [1.82, 2.24) is 25.2 Å². The average Bonchev–Trinajstić information content (AvgIpc) is 3.23. The van der Waals surface area contributed by atoms with Crippen LogP contribution in [0.3, 0.4) is 0 Å². The molecule has 5 rings (SSSR count). The number of pyridine rings is 1. The lowest BCUT2D eigenvalue weighted by Gasteiger charge is -2.32. The number of ether oxygens (including phenoxy) is 1. The van der Waals surface area contributed by atoms with Gasteiger partial charge in [-0.2, -0.15) is 0 Å². The Morgan fingerprint density at radius 3 is 2.79 bits per heavy atom. The molecule has 0 bridgehead atoms. The van der Waals surface area contributed by atoms with Crippen molar-refractivity contribution < 1.29 is 18.7 Å². The first-order valence-corrected chi connectivity index (χ1v) is 11.0. The first-order valence-electron chi connectivity index (χ1n) is 11.0. The van der Waals surface area contributed by atoms with Gasteiger partial charge >= 0.3 is 0 Å². The highest BCUT2D eigenvalue weighted by Gasteiger charge is 2.30. The van der Waals surface area contributed by atoms with E-state index >= 15 is 0 Å². The van der Waals surface area contributed by atoms with Crippen molar-refractivity contribution in [2.75, 3.05) is 32.0 Å². The molecule has 2 aliphatic heterocycles. The van der Waals surface area contributed by atoms with E-state index < -0.39 is 11.9 Å². The number of benzene rings is 1. The minimum atomic E-state index is -0.438. The summed E-state index contributed by atoms with van der Waals surface area (Å²) in [5.74, 6) is -0.266. The van der Waals surface area contributed by atoms with E-state index in [9.17, 15) is 14.0 Å². The Kier molecular flexibility index (Phi) is 5.45. The standard InChI is InChI=1S/C23H25FN6O3/c1-12-2-3-14(16(25)8-12)23(32)30-6-4-13(5-7-30)19-15(24)9-27-22-20(19)28-21(29-22)17-10-26-18(31)11-33-17/h2-3,8-9,13,17H,4-7,10-11,25H2,1H3,(H,26,31)(H,27,28,29). The van der Waals surface area contributed by atoms with Gasteiger partial charge in [0.15, 0.2) is 5.65 Å². The van der Waals surface area contributed by atoms with Gasteiger partial charge in [-0.25, -0.2) is 14.4 Å². The number of H-pyrrole nitrogens is 1. The van der Waals surface area contributed by atoms with Crippen LogP contribution in [0.25, 0.3) is 11.2 Å². The van der Waals surface area contributed by atoms with E-state index in [4.69, 9.17) is 10.5 Å². The largest absolute Gasteiger partial charge is 0.398 e. The highest BCUT2D eigenvalue weighted by atomic mass is 19.1. The van der Waals surface area contributed by atoms with Gasteiger partial charge in [-0.05, 0) is 43.4 Å². The number of likely N-dealkylation sites (tertiary alicyclic amines) is 1. The number of anilines is 1. The molecule has 1 atom stereocenters. The average molecular weight is 452 g/mol. The summed E-state index contributed by atoms with van der Waals surface area (Å²) in [6, 6.07) is 5.42. The van der Waals surface area contributed by atoms with Crippen molar-refractivity contribution >= 4 is 28.7 Å². The highest BCUT2D eigenvalue weighted by Crippen LogP contribution is 2.35. The number of imidazole rings is 1. The molecule has 172 valence electrons. The zero-order valence-electron chi connectivity index (χ0n) is 18.2. The molecule has 2 aromatic heterocycles. The van der Waals surface area contributed by atoms with Crippen LogP contribution in [0.5, 0.6) is 0 Å². The number of piperidine rings is 1. The minimum absolute atomic E-state index is 0.0473. The van der Waals surface area contributed by atoms with E-state index in [1.807, 2.05) is 13.0 Å². The van der Waals surface area contributed by atoms with Crippen molar-refractivity contribution in [3.8, 4) is 0 Å². The number of nitrogens with one attached hydrogen (secondary N) is 2. The van der Waals surface area contributed by atoms with Gasteiger partial charge in [-0.3, -0.25) is 9.59 Å². The SMILES string of the molecule is Cc1ccc(C(=O)N2CCC(c3c(F)cnc4nc(C5CNC(=O)CO5)[nH]c34)CC2)c(N)c1. The Hall–Kier alpha value is -3.53. The Bertz CT molecular complexity index is 1220. The van der Waals surface area contributed by atoms with Crippen LogP contribution in [0.15, 0.2) is 24.4 Å². The lowest BCUT2D eigenvalue weighted by molar-refractivity contribution is -0.133. The van der Waals surface area contributed by atoms with Gasteiger partial charge in [0.05, 0.1) is 23.8 Å². The number of aromatic nitrogens is 3. The second-order valence-electron chi connectivity index (χ2n) is 8.60. The lowest BCUT2D eigenvalue weighted by Crippen LogP contribution is -2.39. The molecule has 0 spiro atoms. The summed E-state index contributed by atoms with van der Waals surface area (Å²) in [4.78, 5) is 37.8. The molecule has 2 saturated heterocycles. The molecule has 0 radical (unpaired) electrons. The number of aromatic amines is 1. The third kappa shape index (κ3) is 4.02. The number of amides is 2. The topological polar surface area (TPSA) is 126 Å². The molecule has 0 aliphatic carbocycles. The van der Waals surface area contributed by atoms with Gasteiger partial charge in [0.2, 0.25) is 5.91 Å². The Morgan fingerprint density at radius 1 is 1.30 bits per heavy atom. The Balaban J connectivity index is 1.35. The van der Waals surface area contributed by atoms with Crippen LogP contribution < -0.4 is 11.1 Å². The normalized spacial score (nSPS) is 19.6. The Morgan fingerprint density at radius 2 is 2.09 bits per heavy atom. The molecule has 2 aliphatic rings. The van der Waals surface area contributed by atoms with Crippen molar-refractivity contribution in [1.29, 1.82) is 0 Å². The summed E-state index contributed by atoms with van der Waals surface area (Å²) < 4.78 is 20.5. The fourth-order valence-electron chi connectivity index (χ4n) is 4.61. The second-order valence-corrected chi connectivity index (χ2v) is 8.60. The van der Waals surface area contributed by atoms with Gasteiger partial charge in [-0.1, -0.05) is 6.07 Å². The molecule has 4 heterocycles. The van der Waals surface area contributed by atoms with Crippen molar-refractivity contribution in [2.24, 2.45) is 0 Å². The fourth-order valence-corrected chi connectivity index (χ4v) is 4.61. The van der Waals surface area contributed by atoms with Crippen LogP contribution in [0.1, 0.15) is 52.2 Å². The van der Waals surface area contributed by atoms with Crippen LogP contribution >= 0.6 is 0 Å². The summed E-state index contributed by atoms with van der Waals surface area (Å²) >= 11 is 0. The van der Waals surface area contributed by atoms with Gasteiger partial charge in [0.25, 0.3) is 5.91 Å². The molecule has 1 aromatic carbocycles. The van der Waals surface area contributed by atoms with E-state index in [1.54, 1.807) is 17.0 Å². The molecule has 33 heavy (non-hydrogen) atoms. The van der Waals surface area contributed by atoms with E-state index in [2.05, 4.69) is 20.3 Å². The molecule has 3 aromatic rings. The van der Waals surface area contributed by atoms with E-state index in [0.717, 1.165) is 5.56 Å². The number of rotatable bonds is 3. The predicted molar refractivity (Wildman–Crippen MR) is 119 cm³/mol. The number of nitrogen functional groups attached to an aromatic ring is 1. The molecule has 2 amide bonds. The van der Waals surface area contributed by atoms with Crippen LogP contribution in [-0.2, 0) is 9.53 Å². The summed E-state index contributed by atoms with van der Waals surface area (Å²) in [5, 5.41) is 2.74. The smallest absolute Gasteiger partial charge is 0.255 e. The van der Waals surface area contributed by atoms with Gasteiger partial charge in [-0.15, -0.1) is 0 Å². The van der Waals surface area contributed by atoms with E-state index in [0.29, 0.717) is 66.3 Å². The predicted octanol–water partition coefficient (Wildman–Crippen LogP) is 2.19. The van der Waals surface area contributed by atoms with Crippen LogP contribution in [0.2, 0.25) is 0 Å². The quantitative estimate of drug-likeness (QED) is 0.523. The summed E-state index contributed by atoms with van der Waals surface area (Å²) in [6.07, 6.45) is 1.97. The molecule has 1 unspecified atom stereocenters. The van der Waals surface area contributed by atoms with Crippen molar-refractivity contribution in [3.63, 3.8) is 0 Å². The maximum Gasteiger partial charge on any atom is 0.255 e. The molecule has 4 N–H and O–H groups in total. The number of nitrogens with zero attached hydrogens (tertiary/aromatic N) is 3. The number of halogens is 1. The number of carbonyl (C=O) groups is 2. The monoisotopic (exact) mass is 452 g/mol. The third-order valence-corrected chi connectivity index (χ3v) is 6.36. The number of morpholine rings is 1. The molecular formula is C23H25FN6O3. The number of hydrogen-bond donors (Lipinski definition) is 3. The summed E-state index contributed by atoms with van der Waals surface area (Å²) in [6.45, 7) is 3.17. The van der Waals surface area contributed by atoms with Gasteiger partial charge < -0.3 is 25.7 Å². The minimum Gasteiger partial charge on any atom is -0.398 e. The molecular weight excluding hydrogens is 427 g/mol. The van der Waals surface area contributed by atoms with Crippen LogP contribution in [-0.4, -0.2) is 57.9 Å². The van der Waals surface area contributed by atoms with Crippen molar-refractivity contribution in [2.45, 2.75) is 31.8 Å². The zero-order valence-corrected chi connectivity index (χ0v) is 18.2. The van der Waals surface area contributed by atoms with E-state index in [-0.39, 0.29) is 24.3 Å². The first kappa shape index (κ1) is 21.3. The Labute approximate surface area is 189 Å². The summed E-state index contributed by atoms with van der Waals surface area (Å²) in [7, 11) is 0. The van der Waals surface area contributed by atoms with Crippen LogP contribution in [0, 0.1) is 12.7 Å². The maximum absolute atomic E-state index is 14.9. The highest BCUT2D eigenvalue weighted by molar-refractivity contribution is 5.99. The molecule has 10 heteroatoms. The molecule has 9 nitrogen and oxygen atoms in total.